The highest BCUT2D eigenvalue weighted by atomic mass is 32.2. The van der Waals surface area contributed by atoms with E-state index in [4.69, 9.17) is 5.11 Å². The Kier molecular flexibility index (Phi) is 3.99. The van der Waals surface area contributed by atoms with E-state index in [-0.39, 0.29) is 18.1 Å². The lowest BCUT2D eigenvalue weighted by Crippen LogP contribution is -2.10. The molecule has 0 aromatic heterocycles. The molecule has 2 aromatic carbocycles. The average Bonchev–Trinajstić information content (AvgIpc) is 2.37. The highest BCUT2D eigenvalue weighted by Crippen LogP contribution is 2.20. The van der Waals surface area contributed by atoms with Crippen molar-refractivity contribution >= 4 is 20.6 Å². The molecule has 0 atom stereocenters. The molecule has 0 saturated carbocycles. The summed E-state index contributed by atoms with van der Waals surface area (Å²) >= 11 is 0. The van der Waals surface area contributed by atoms with Gasteiger partial charge in [-0.15, -0.1) is 0 Å². The molecular weight excluding hydrogens is 248 g/mol. The zero-order chi connectivity index (χ0) is 13.0. The van der Waals surface area contributed by atoms with Gasteiger partial charge in [-0.1, -0.05) is 42.5 Å². The fraction of sp³-hybridized carbons (Fsp3) is 0.286. The van der Waals surface area contributed by atoms with Gasteiger partial charge in [0.05, 0.1) is 11.5 Å². The highest BCUT2D eigenvalue weighted by molar-refractivity contribution is 7.90. The van der Waals surface area contributed by atoms with Gasteiger partial charge < -0.3 is 5.11 Å². The fourth-order valence-electron chi connectivity index (χ4n) is 2.01. The van der Waals surface area contributed by atoms with Gasteiger partial charge in [0.15, 0.2) is 9.84 Å². The number of aliphatic hydroxyl groups excluding tert-OH is 1. The second-order valence-corrected chi connectivity index (χ2v) is 6.49. The van der Waals surface area contributed by atoms with Gasteiger partial charge in [0, 0.05) is 6.61 Å². The Labute approximate surface area is 107 Å². The van der Waals surface area contributed by atoms with Gasteiger partial charge in [0.1, 0.15) is 0 Å². The van der Waals surface area contributed by atoms with E-state index in [1.807, 2.05) is 42.5 Å². The van der Waals surface area contributed by atoms with Crippen molar-refractivity contribution < 1.29 is 13.5 Å². The van der Waals surface area contributed by atoms with Crippen LogP contribution in [0.5, 0.6) is 0 Å². The minimum absolute atomic E-state index is 0.0344. The number of sulfone groups is 1. The van der Waals surface area contributed by atoms with Crippen LogP contribution in [-0.4, -0.2) is 25.9 Å². The fourth-order valence-corrected chi connectivity index (χ4v) is 3.45. The van der Waals surface area contributed by atoms with Crippen molar-refractivity contribution in [1.29, 1.82) is 0 Å². The van der Waals surface area contributed by atoms with Crippen LogP contribution in [0.15, 0.2) is 42.5 Å². The van der Waals surface area contributed by atoms with Crippen LogP contribution in [0.4, 0.5) is 0 Å². The molecule has 0 aliphatic carbocycles. The van der Waals surface area contributed by atoms with Crippen LogP contribution >= 0.6 is 0 Å². The van der Waals surface area contributed by atoms with Crippen LogP contribution in [-0.2, 0) is 15.6 Å². The molecule has 2 aromatic rings. The first kappa shape index (κ1) is 13.1. The Morgan fingerprint density at radius 1 is 1.00 bits per heavy atom. The van der Waals surface area contributed by atoms with Crippen molar-refractivity contribution in [2.24, 2.45) is 0 Å². The Balaban J connectivity index is 2.32. The molecule has 0 aliphatic heterocycles. The largest absolute Gasteiger partial charge is 0.396 e. The SMILES string of the molecule is O=S(=O)(CCCO)Cc1cccc2ccccc12. The minimum Gasteiger partial charge on any atom is -0.396 e. The lowest BCUT2D eigenvalue weighted by molar-refractivity contribution is 0.295. The van der Waals surface area contributed by atoms with Crippen LogP contribution in [0.3, 0.4) is 0 Å². The van der Waals surface area contributed by atoms with Crippen molar-refractivity contribution in [3.63, 3.8) is 0 Å². The van der Waals surface area contributed by atoms with Crippen molar-refractivity contribution in [2.45, 2.75) is 12.2 Å². The summed E-state index contributed by atoms with van der Waals surface area (Å²) in [4.78, 5) is 0. The molecule has 18 heavy (non-hydrogen) atoms. The molecule has 2 rings (SSSR count). The summed E-state index contributed by atoms with van der Waals surface area (Å²) in [6, 6.07) is 13.4. The molecule has 0 bridgehead atoms. The number of hydrogen-bond donors (Lipinski definition) is 1. The van der Waals surface area contributed by atoms with Gasteiger partial charge in [-0.05, 0) is 22.8 Å². The van der Waals surface area contributed by atoms with E-state index in [0.717, 1.165) is 16.3 Å². The molecule has 4 heteroatoms. The number of aliphatic hydroxyl groups is 1. The molecule has 0 unspecified atom stereocenters. The van der Waals surface area contributed by atoms with Gasteiger partial charge in [-0.25, -0.2) is 8.42 Å². The van der Waals surface area contributed by atoms with Gasteiger partial charge >= 0.3 is 0 Å². The zero-order valence-corrected chi connectivity index (χ0v) is 10.9. The van der Waals surface area contributed by atoms with E-state index >= 15 is 0 Å². The molecule has 0 radical (unpaired) electrons. The Bertz CT molecular complexity index is 627. The van der Waals surface area contributed by atoms with E-state index in [0.29, 0.717) is 6.42 Å². The summed E-state index contributed by atoms with van der Waals surface area (Å²) < 4.78 is 23.8. The monoisotopic (exact) mass is 264 g/mol. The molecule has 0 aliphatic rings. The average molecular weight is 264 g/mol. The maximum absolute atomic E-state index is 11.9. The van der Waals surface area contributed by atoms with Crippen molar-refractivity contribution in [3.8, 4) is 0 Å². The summed E-state index contributed by atoms with van der Waals surface area (Å²) in [5.41, 5.74) is 0.825. The first-order valence-electron chi connectivity index (χ1n) is 5.90. The number of hydrogen-bond acceptors (Lipinski definition) is 3. The molecule has 1 N–H and O–H groups in total. The van der Waals surface area contributed by atoms with E-state index in [2.05, 4.69) is 0 Å². The Morgan fingerprint density at radius 3 is 2.50 bits per heavy atom. The van der Waals surface area contributed by atoms with Crippen molar-refractivity contribution in [2.75, 3.05) is 12.4 Å². The maximum atomic E-state index is 11.9. The quantitative estimate of drug-likeness (QED) is 0.900. The van der Waals surface area contributed by atoms with Crippen LogP contribution < -0.4 is 0 Å². The molecule has 0 spiro atoms. The van der Waals surface area contributed by atoms with Gasteiger partial charge in [0.2, 0.25) is 0 Å². The molecule has 96 valence electrons. The summed E-state index contributed by atoms with van der Waals surface area (Å²) in [5.74, 6) is 0.0705. The third-order valence-electron chi connectivity index (χ3n) is 2.87. The second kappa shape index (κ2) is 5.50. The molecule has 0 saturated heterocycles. The van der Waals surface area contributed by atoms with E-state index in [1.54, 1.807) is 0 Å². The van der Waals surface area contributed by atoms with Crippen LogP contribution in [0.25, 0.3) is 10.8 Å². The van der Waals surface area contributed by atoms with Crippen LogP contribution in [0, 0.1) is 0 Å². The minimum atomic E-state index is -3.15. The summed E-state index contributed by atoms with van der Waals surface area (Å²) in [6.07, 6.45) is 0.299. The number of benzene rings is 2. The third kappa shape index (κ3) is 3.09. The predicted molar refractivity (Wildman–Crippen MR) is 73.1 cm³/mol. The van der Waals surface area contributed by atoms with Crippen molar-refractivity contribution in [3.05, 3.63) is 48.0 Å². The number of fused-ring (bicyclic) bond motifs is 1. The van der Waals surface area contributed by atoms with E-state index in [9.17, 15) is 8.42 Å². The van der Waals surface area contributed by atoms with Gasteiger partial charge in [-0.2, -0.15) is 0 Å². The summed E-state index contributed by atoms with van der Waals surface area (Å²) in [7, 11) is -3.15. The zero-order valence-electron chi connectivity index (χ0n) is 10.0. The summed E-state index contributed by atoms with van der Waals surface area (Å²) in [6.45, 7) is -0.0885. The molecular formula is C14H16O3S. The van der Waals surface area contributed by atoms with Crippen LogP contribution in [0.1, 0.15) is 12.0 Å². The molecule has 0 heterocycles. The van der Waals surface area contributed by atoms with Gasteiger partial charge in [0.25, 0.3) is 0 Å². The highest BCUT2D eigenvalue weighted by Gasteiger charge is 2.13. The normalized spacial score (nSPS) is 11.8. The molecule has 0 fully saturated rings. The van der Waals surface area contributed by atoms with Crippen molar-refractivity contribution in [1.82, 2.24) is 0 Å². The first-order chi connectivity index (χ1) is 8.62. The van der Waals surface area contributed by atoms with E-state index < -0.39 is 9.84 Å². The maximum Gasteiger partial charge on any atom is 0.154 e. The van der Waals surface area contributed by atoms with Gasteiger partial charge in [-0.3, -0.25) is 0 Å². The van der Waals surface area contributed by atoms with E-state index in [1.165, 1.54) is 0 Å². The predicted octanol–water partition coefficient (Wildman–Crippen LogP) is 2.14. The Morgan fingerprint density at radius 2 is 1.72 bits per heavy atom. The van der Waals surface area contributed by atoms with Crippen LogP contribution in [0.2, 0.25) is 0 Å². The smallest absolute Gasteiger partial charge is 0.154 e. The molecule has 0 amide bonds. The standard InChI is InChI=1S/C14H16O3S/c15-9-4-10-18(16,17)11-13-7-3-6-12-5-1-2-8-14(12)13/h1-3,5-8,15H,4,9-11H2. The Hall–Kier alpha value is -1.39. The topological polar surface area (TPSA) is 54.4 Å². The second-order valence-electron chi connectivity index (χ2n) is 4.31. The lowest BCUT2D eigenvalue weighted by Gasteiger charge is -2.07. The lowest BCUT2D eigenvalue weighted by atomic mass is 10.1. The first-order valence-corrected chi connectivity index (χ1v) is 7.72. The summed E-state index contributed by atoms with van der Waals surface area (Å²) in [5, 5.41) is 10.7. The third-order valence-corrected chi connectivity index (χ3v) is 4.53. The number of rotatable bonds is 5. The molecule has 3 nitrogen and oxygen atoms in total.